The monoisotopic (exact) mass is 382 g/mol. The Hall–Kier alpha value is -3.11. The van der Waals surface area contributed by atoms with Crippen LogP contribution in [-0.2, 0) is 28.6 Å². The van der Waals surface area contributed by atoms with E-state index in [1.807, 2.05) is 0 Å². The minimum Gasteiger partial charge on any atom is -0.504 e. The number of ether oxygens (including phenoxy) is 4. The van der Waals surface area contributed by atoms with Crippen LogP contribution in [0.2, 0.25) is 0 Å². The van der Waals surface area contributed by atoms with Gasteiger partial charge < -0.3 is 34.3 Å². The Morgan fingerprint density at radius 1 is 1.30 bits per heavy atom. The summed E-state index contributed by atoms with van der Waals surface area (Å²) in [5.41, 5.74) is 0.493. The molecular formula is C17H18O10. The second-order valence-corrected chi connectivity index (χ2v) is 5.48. The molecule has 1 saturated heterocycles. The van der Waals surface area contributed by atoms with Crippen LogP contribution in [0.3, 0.4) is 0 Å². The van der Waals surface area contributed by atoms with Gasteiger partial charge in [0.05, 0.1) is 14.2 Å². The summed E-state index contributed by atoms with van der Waals surface area (Å²) in [6.45, 7) is 0. The summed E-state index contributed by atoms with van der Waals surface area (Å²) >= 11 is 0. The van der Waals surface area contributed by atoms with Gasteiger partial charge in [0.2, 0.25) is 0 Å². The van der Waals surface area contributed by atoms with E-state index >= 15 is 0 Å². The molecule has 10 heteroatoms. The van der Waals surface area contributed by atoms with Crippen molar-refractivity contribution in [3.05, 3.63) is 29.8 Å². The molecule has 3 N–H and O–H groups in total. The number of phenolic OH excluding ortho intramolecular Hbond substituents is 1. The molecule has 4 atom stereocenters. The molecule has 1 aliphatic heterocycles. The summed E-state index contributed by atoms with van der Waals surface area (Å²) in [6, 6.07) is 4.32. The number of phenols is 1. The van der Waals surface area contributed by atoms with Gasteiger partial charge >= 0.3 is 17.9 Å². The molecule has 10 nitrogen and oxygen atoms in total. The van der Waals surface area contributed by atoms with Crippen molar-refractivity contribution < 1.29 is 48.7 Å². The predicted molar refractivity (Wildman–Crippen MR) is 87.5 cm³/mol. The highest BCUT2D eigenvalue weighted by atomic mass is 16.6. The van der Waals surface area contributed by atoms with Gasteiger partial charge in [0.15, 0.2) is 35.9 Å². The highest BCUT2D eigenvalue weighted by molar-refractivity contribution is 5.88. The molecule has 2 rings (SSSR count). The van der Waals surface area contributed by atoms with Gasteiger partial charge in [-0.15, -0.1) is 0 Å². The maximum atomic E-state index is 12.0. The van der Waals surface area contributed by atoms with Gasteiger partial charge in [0.25, 0.3) is 0 Å². The van der Waals surface area contributed by atoms with Crippen molar-refractivity contribution in [3.8, 4) is 11.5 Å². The van der Waals surface area contributed by atoms with E-state index < -0.39 is 42.3 Å². The van der Waals surface area contributed by atoms with Gasteiger partial charge in [-0.25, -0.2) is 14.4 Å². The smallest absolute Gasteiger partial charge is 0.339 e. The summed E-state index contributed by atoms with van der Waals surface area (Å²) in [6.07, 6.45) is -4.67. The van der Waals surface area contributed by atoms with Crippen molar-refractivity contribution in [1.82, 2.24) is 0 Å². The largest absolute Gasteiger partial charge is 0.504 e. The quantitative estimate of drug-likeness (QED) is 0.322. The Balaban J connectivity index is 2.10. The molecule has 0 saturated carbocycles. The lowest BCUT2D eigenvalue weighted by atomic mass is 10.1. The highest BCUT2D eigenvalue weighted by Crippen LogP contribution is 2.27. The van der Waals surface area contributed by atoms with Gasteiger partial charge in [0.1, 0.15) is 0 Å². The number of aliphatic hydroxyl groups is 2. The molecule has 1 aromatic rings. The van der Waals surface area contributed by atoms with Gasteiger partial charge in [0, 0.05) is 6.08 Å². The molecule has 1 fully saturated rings. The van der Waals surface area contributed by atoms with E-state index in [2.05, 4.69) is 4.74 Å². The Labute approximate surface area is 153 Å². The Kier molecular flexibility index (Phi) is 6.37. The van der Waals surface area contributed by atoms with Crippen LogP contribution in [0.25, 0.3) is 6.08 Å². The number of aromatic hydroxyl groups is 1. The zero-order valence-corrected chi connectivity index (χ0v) is 14.4. The van der Waals surface area contributed by atoms with Crippen LogP contribution >= 0.6 is 0 Å². The zero-order chi connectivity index (χ0) is 20.1. The third kappa shape index (κ3) is 4.54. The maximum absolute atomic E-state index is 12.0. The lowest BCUT2D eigenvalue weighted by Gasteiger charge is -2.21. The number of benzene rings is 1. The topological polar surface area (TPSA) is 149 Å². The predicted octanol–water partition coefficient (Wildman–Crippen LogP) is -0.854. The highest BCUT2D eigenvalue weighted by Gasteiger charge is 2.51. The maximum Gasteiger partial charge on any atom is 0.339 e. The first-order valence-electron chi connectivity index (χ1n) is 7.68. The number of esters is 3. The molecule has 0 radical (unpaired) electrons. The fourth-order valence-electron chi connectivity index (χ4n) is 2.35. The molecule has 1 aromatic carbocycles. The first-order valence-corrected chi connectivity index (χ1v) is 7.68. The van der Waals surface area contributed by atoms with E-state index in [9.17, 15) is 29.7 Å². The summed E-state index contributed by atoms with van der Waals surface area (Å²) in [7, 11) is 2.37. The Morgan fingerprint density at radius 2 is 2.00 bits per heavy atom. The minimum atomic E-state index is -1.93. The Morgan fingerprint density at radius 3 is 2.63 bits per heavy atom. The SMILES string of the molecule is COC(=O)[C@@H](O)[C@@H]1OC(=O)[C@@H](O)[C@H]1OC(=O)/C=C/c1ccc(O)c(OC)c1. The van der Waals surface area contributed by atoms with Crippen LogP contribution < -0.4 is 4.74 Å². The Bertz CT molecular complexity index is 756. The van der Waals surface area contributed by atoms with E-state index in [0.29, 0.717) is 5.56 Å². The lowest BCUT2D eigenvalue weighted by molar-refractivity contribution is -0.169. The van der Waals surface area contributed by atoms with Crippen molar-refractivity contribution in [2.75, 3.05) is 14.2 Å². The molecule has 1 heterocycles. The van der Waals surface area contributed by atoms with E-state index in [0.717, 1.165) is 13.2 Å². The number of hydrogen-bond acceptors (Lipinski definition) is 10. The summed E-state index contributed by atoms with van der Waals surface area (Å²) in [4.78, 5) is 34.9. The standard InChI is InChI=1S/C17H18O10/c1-24-10-7-8(3-5-9(10)18)4-6-11(19)26-14-13(21)17(23)27-15(14)12(20)16(22)25-2/h3-7,12-15,18,20-21H,1-2H3/b6-4+/t12-,13-,14+,15-/m0/s1. The summed E-state index contributed by atoms with van der Waals surface area (Å²) < 4.78 is 18.9. The average molecular weight is 382 g/mol. The zero-order valence-electron chi connectivity index (χ0n) is 14.4. The number of rotatable bonds is 6. The van der Waals surface area contributed by atoms with Crippen LogP contribution in [0.1, 0.15) is 5.56 Å². The normalized spacial score (nSPS) is 23.0. The number of hydrogen-bond donors (Lipinski definition) is 3. The molecular weight excluding hydrogens is 364 g/mol. The number of methoxy groups -OCH3 is 2. The molecule has 0 bridgehead atoms. The van der Waals surface area contributed by atoms with Crippen LogP contribution in [-0.4, -0.2) is 71.9 Å². The van der Waals surface area contributed by atoms with E-state index in [1.54, 1.807) is 0 Å². The lowest BCUT2D eigenvalue weighted by Crippen LogP contribution is -2.45. The van der Waals surface area contributed by atoms with E-state index in [-0.39, 0.29) is 11.5 Å². The van der Waals surface area contributed by atoms with Gasteiger partial charge in [-0.2, -0.15) is 0 Å². The summed E-state index contributed by atoms with van der Waals surface area (Å²) in [5, 5.41) is 29.1. The third-order valence-electron chi connectivity index (χ3n) is 3.75. The van der Waals surface area contributed by atoms with Crippen LogP contribution in [0, 0.1) is 0 Å². The summed E-state index contributed by atoms with van der Waals surface area (Å²) in [5.74, 6) is -3.12. The fraction of sp³-hybridized carbons (Fsp3) is 0.353. The first kappa shape index (κ1) is 20.2. The average Bonchev–Trinajstić information content (AvgIpc) is 2.94. The van der Waals surface area contributed by atoms with E-state index in [4.69, 9.17) is 14.2 Å². The third-order valence-corrected chi connectivity index (χ3v) is 3.75. The molecule has 0 spiro atoms. The second-order valence-electron chi connectivity index (χ2n) is 5.48. The second kappa shape index (κ2) is 8.52. The number of cyclic esters (lactones) is 1. The molecule has 0 unspecified atom stereocenters. The molecule has 1 aliphatic rings. The van der Waals surface area contributed by atoms with Crippen LogP contribution in [0.4, 0.5) is 0 Å². The molecule has 146 valence electrons. The number of carbonyl (C=O) groups is 3. The number of aliphatic hydroxyl groups excluding tert-OH is 2. The van der Waals surface area contributed by atoms with Crippen LogP contribution in [0.15, 0.2) is 24.3 Å². The van der Waals surface area contributed by atoms with Crippen molar-refractivity contribution >= 4 is 24.0 Å². The van der Waals surface area contributed by atoms with Gasteiger partial charge in [-0.05, 0) is 23.8 Å². The van der Waals surface area contributed by atoms with Gasteiger partial charge in [-0.1, -0.05) is 6.07 Å². The first-order chi connectivity index (χ1) is 12.8. The van der Waals surface area contributed by atoms with Crippen LogP contribution in [0.5, 0.6) is 11.5 Å². The molecule has 0 aromatic heterocycles. The van der Waals surface area contributed by atoms with Gasteiger partial charge in [-0.3, -0.25) is 0 Å². The fourth-order valence-corrected chi connectivity index (χ4v) is 2.35. The molecule has 0 amide bonds. The molecule has 27 heavy (non-hydrogen) atoms. The van der Waals surface area contributed by atoms with Crippen molar-refractivity contribution in [3.63, 3.8) is 0 Å². The molecule has 0 aliphatic carbocycles. The minimum absolute atomic E-state index is 0.0818. The van der Waals surface area contributed by atoms with Crippen molar-refractivity contribution in [1.29, 1.82) is 0 Å². The van der Waals surface area contributed by atoms with Crippen molar-refractivity contribution in [2.45, 2.75) is 24.4 Å². The van der Waals surface area contributed by atoms with Crippen molar-refractivity contribution in [2.24, 2.45) is 0 Å². The number of carbonyl (C=O) groups excluding carboxylic acids is 3. The van der Waals surface area contributed by atoms with E-state index in [1.165, 1.54) is 31.4 Å².